The van der Waals surface area contributed by atoms with Gasteiger partial charge in [-0.1, -0.05) is 6.07 Å². The van der Waals surface area contributed by atoms with Gasteiger partial charge in [0.15, 0.2) is 11.5 Å². The van der Waals surface area contributed by atoms with E-state index in [2.05, 4.69) is 5.32 Å². The largest absolute Gasteiger partial charge is 0.504 e. The molecule has 0 saturated carbocycles. The molecule has 0 aliphatic heterocycles. The molecule has 0 saturated heterocycles. The lowest BCUT2D eigenvalue weighted by Gasteiger charge is -2.10. The molecule has 1 aromatic carbocycles. The molecule has 1 atom stereocenters. The highest BCUT2D eigenvalue weighted by Crippen LogP contribution is 2.26. The number of phenolic OH excluding ortho intramolecular Hbond substituents is 1. The van der Waals surface area contributed by atoms with Gasteiger partial charge in [-0.25, -0.2) is 0 Å². The molecule has 0 aliphatic rings. The summed E-state index contributed by atoms with van der Waals surface area (Å²) in [4.78, 5) is 10.6. The van der Waals surface area contributed by atoms with E-state index in [1.165, 1.54) is 6.07 Å². The molecule has 0 fully saturated rings. The number of hydrogen-bond donors (Lipinski definition) is 4. The molecule has 1 unspecified atom stereocenters. The van der Waals surface area contributed by atoms with Gasteiger partial charge in [-0.3, -0.25) is 4.79 Å². The van der Waals surface area contributed by atoms with Gasteiger partial charge in [0, 0.05) is 13.1 Å². The molecule has 0 radical (unpaired) electrons. The molecule has 1 rings (SSSR count). The number of rotatable bonds is 7. The molecule has 0 heterocycles. The summed E-state index contributed by atoms with van der Waals surface area (Å²) in [5, 5.41) is 21.6. The summed E-state index contributed by atoms with van der Waals surface area (Å²) in [7, 11) is 0. The Labute approximate surface area is 105 Å². The summed E-state index contributed by atoms with van der Waals surface area (Å²) < 4.78 is 5.24. The highest BCUT2D eigenvalue weighted by Gasteiger charge is 2.10. The number of benzene rings is 1. The molecule has 18 heavy (non-hydrogen) atoms. The Morgan fingerprint density at radius 2 is 2.28 bits per heavy atom. The quantitative estimate of drug-likeness (QED) is 0.536. The van der Waals surface area contributed by atoms with Crippen molar-refractivity contribution in [2.45, 2.75) is 19.6 Å². The molecular weight excluding hydrogens is 236 g/mol. The molecule has 100 valence electrons. The molecule has 1 amide bonds. The first-order valence-corrected chi connectivity index (χ1v) is 5.67. The SMILES string of the molecule is CCOc1cc(CNCC(O)C(N)=O)ccc1O. The third-order valence-corrected chi connectivity index (χ3v) is 2.32. The maximum absolute atomic E-state index is 10.6. The van der Waals surface area contributed by atoms with Crippen molar-refractivity contribution in [2.24, 2.45) is 5.73 Å². The van der Waals surface area contributed by atoms with E-state index in [4.69, 9.17) is 10.5 Å². The number of nitrogens with two attached hydrogens (primary N) is 1. The van der Waals surface area contributed by atoms with Gasteiger partial charge in [0.05, 0.1) is 6.61 Å². The van der Waals surface area contributed by atoms with Crippen LogP contribution in [0.1, 0.15) is 12.5 Å². The Morgan fingerprint density at radius 1 is 1.56 bits per heavy atom. The Hall–Kier alpha value is -1.79. The van der Waals surface area contributed by atoms with Crippen molar-refractivity contribution in [2.75, 3.05) is 13.2 Å². The number of amides is 1. The van der Waals surface area contributed by atoms with Crippen LogP contribution in [-0.4, -0.2) is 35.4 Å². The van der Waals surface area contributed by atoms with Crippen LogP contribution in [0.15, 0.2) is 18.2 Å². The molecule has 0 spiro atoms. The van der Waals surface area contributed by atoms with Crippen molar-refractivity contribution in [3.8, 4) is 11.5 Å². The number of aliphatic hydroxyl groups excluding tert-OH is 1. The van der Waals surface area contributed by atoms with E-state index in [1.807, 2.05) is 6.92 Å². The van der Waals surface area contributed by atoms with Crippen LogP contribution in [0.4, 0.5) is 0 Å². The van der Waals surface area contributed by atoms with Crippen LogP contribution in [-0.2, 0) is 11.3 Å². The molecule has 6 nitrogen and oxygen atoms in total. The van der Waals surface area contributed by atoms with Gasteiger partial charge < -0.3 is 26.0 Å². The highest BCUT2D eigenvalue weighted by atomic mass is 16.5. The minimum atomic E-state index is -1.20. The molecule has 6 heteroatoms. The first-order chi connectivity index (χ1) is 8.54. The fourth-order valence-corrected chi connectivity index (χ4v) is 1.39. The van der Waals surface area contributed by atoms with Crippen molar-refractivity contribution in [3.05, 3.63) is 23.8 Å². The summed E-state index contributed by atoms with van der Waals surface area (Å²) in [5.41, 5.74) is 5.79. The first kappa shape index (κ1) is 14.3. The van der Waals surface area contributed by atoms with Gasteiger partial charge in [-0.15, -0.1) is 0 Å². The zero-order valence-electron chi connectivity index (χ0n) is 10.2. The van der Waals surface area contributed by atoms with Crippen molar-refractivity contribution >= 4 is 5.91 Å². The normalized spacial score (nSPS) is 12.1. The van der Waals surface area contributed by atoms with Crippen LogP contribution in [0.25, 0.3) is 0 Å². The van der Waals surface area contributed by atoms with Gasteiger partial charge in [0.25, 0.3) is 0 Å². The van der Waals surface area contributed by atoms with E-state index in [0.29, 0.717) is 18.9 Å². The number of carbonyl (C=O) groups excluding carboxylic acids is 1. The molecular formula is C12H18N2O4. The average molecular weight is 254 g/mol. The van der Waals surface area contributed by atoms with Gasteiger partial charge in [0.2, 0.25) is 5.91 Å². The summed E-state index contributed by atoms with van der Waals surface area (Å²) >= 11 is 0. The van der Waals surface area contributed by atoms with Crippen molar-refractivity contribution in [1.29, 1.82) is 0 Å². The van der Waals surface area contributed by atoms with Gasteiger partial charge >= 0.3 is 0 Å². The van der Waals surface area contributed by atoms with Crippen LogP contribution in [0.2, 0.25) is 0 Å². The molecule has 0 bridgehead atoms. The predicted octanol–water partition coefficient (Wildman–Crippen LogP) is -0.273. The van der Waals surface area contributed by atoms with Crippen LogP contribution >= 0.6 is 0 Å². The third-order valence-electron chi connectivity index (χ3n) is 2.32. The summed E-state index contributed by atoms with van der Waals surface area (Å²) in [6, 6.07) is 4.95. The Kier molecular flexibility index (Phi) is 5.41. The standard InChI is InChI=1S/C12H18N2O4/c1-2-18-11-5-8(3-4-9(11)15)6-14-7-10(16)12(13)17/h3-5,10,14-16H,2,6-7H2,1H3,(H2,13,17). The maximum atomic E-state index is 10.6. The lowest BCUT2D eigenvalue weighted by molar-refractivity contribution is -0.125. The topological polar surface area (TPSA) is 105 Å². The molecule has 5 N–H and O–H groups in total. The van der Waals surface area contributed by atoms with E-state index in [0.717, 1.165) is 5.56 Å². The Balaban J connectivity index is 2.52. The van der Waals surface area contributed by atoms with Gasteiger partial charge in [-0.05, 0) is 24.6 Å². The second-order valence-corrected chi connectivity index (χ2v) is 3.78. The van der Waals surface area contributed by atoms with E-state index >= 15 is 0 Å². The van der Waals surface area contributed by atoms with Crippen LogP contribution in [0.5, 0.6) is 11.5 Å². The average Bonchev–Trinajstić information content (AvgIpc) is 2.33. The third kappa shape index (κ3) is 4.23. The fraction of sp³-hybridized carbons (Fsp3) is 0.417. The molecule has 0 aliphatic carbocycles. The zero-order chi connectivity index (χ0) is 13.5. The van der Waals surface area contributed by atoms with E-state index in [1.54, 1.807) is 12.1 Å². The number of carbonyl (C=O) groups is 1. The first-order valence-electron chi connectivity index (χ1n) is 5.67. The smallest absolute Gasteiger partial charge is 0.247 e. The maximum Gasteiger partial charge on any atom is 0.247 e. The minimum absolute atomic E-state index is 0.0813. The number of ether oxygens (including phenoxy) is 1. The minimum Gasteiger partial charge on any atom is -0.504 e. The van der Waals surface area contributed by atoms with Crippen LogP contribution < -0.4 is 15.8 Å². The van der Waals surface area contributed by atoms with E-state index < -0.39 is 12.0 Å². The van der Waals surface area contributed by atoms with Crippen molar-refractivity contribution < 1.29 is 19.7 Å². The van der Waals surface area contributed by atoms with Crippen LogP contribution in [0.3, 0.4) is 0 Å². The number of aliphatic hydroxyl groups is 1. The number of primary amides is 1. The van der Waals surface area contributed by atoms with Gasteiger partial charge in [-0.2, -0.15) is 0 Å². The lowest BCUT2D eigenvalue weighted by Crippen LogP contribution is -2.37. The summed E-state index contributed by atoms with van der Waals surface area (Å²) in [5.74, 6) is -0.270. The van der Waals surface area contributed by atoms with Crippen LogP contribution in [0, 0.1) is 0 Å². The predicted molar refractivity (Wildman–Crippen MR) is 66.2 cm³/mol. The zero-order valence-corrected chi connectivity index (χ0v) is 10.2. The summed E-state index contributed by atoms with van der Waals surface area (Å²) in [6.45, 7) is 2.81. The summed E-state index contributed by atoms with van der Waals surface area (Å²) in [6.07, 6.45) is -1.20. The van der Waals surface area contributed by atoms with E-state index in [-0.39, 0.29) is 12.3 Å². The van der Waals surface area contributed by atoms with E-state index in [9.17, 15) is 15.0 Å². The second-order valence-electron chi connectivity index (χ2n) is 3.78. The van der Waals surface area contributed by atoms with Crippen molar-refractivity contribution in [3.63, 3.8) is 0 Å². The lowest BCUT2D eigenvalue weighted by atomic mass is 10.2. The second kappa shape index (κ2) is 6.83. The monoisotopic (exact) mass is 254 g/mol. The molecule has 1 aromatic rings. The molecule has 0 aromatic heterocycles. The highest BCUT2D eigenvalue weighted by molar-refractivity contribution is 5.78. The Bertz CT molecular complexity index is 409. The number of aromatic hydroxyl groups is 1. The number of hydrogen-bond acceptors (Lipinski definition) is 5. The Morgan fingerprint density at radius 3 is 2.89 bits per heavy atom. The fourth-order valence-electron chi connectivity index (χ4n) is 1.39. The van der Waals surface area contributed by atoms with Crippen molar-refractivity contribution in [1.82, 2.24) is 5.32 Å². The van der Waals surface area contributed by atoms with Gasteiger partial charge in [0.1, 0.15) is 6.10 Å². The number of phenols is 1. The number of nitrogens with one attached hydrogen (secondary N) is 1.